The Morgan fingerprint density at radius 1 is 1.50 bits per heavy atom. The predicted octanol–water partition coefficient (Wildman–Crippen LogP) is 3.36. The van der Waals surface area contributed by atoms with Crippen molar-refractivity contribution < 1.29 is 4.39 Å². The van der Waals surface area contributed by atoms with Gasteiger partial charge in [0.1, 0.15) is 5.82 Å². The number of nitrogens with two attached hydrogens (primary N) is 1. The molecule has 1 aliphatic heterocycles. The molecule has 0 bridgehead atoms. The van der Waals surface area contributed by atoms with Crippen molar-refractivity contribution in [3.05, 3.63) is 34.1 Å². The van der Waals surface area contributed by atoms with Crippen LogP contribution < -0.4 is 5.73 Å². The average molecular weight is 304 g/mol. The van der Waals surface area contributed by atoms with E-state index in [0.29, 0.717) is 6.54 Å². The summed E-state index contributed by atoms with van der Waals surface area (Å²) in [5.41, 5.74) is 6.62. The molecule has 2 rings (SSSR count). The van der Waals surface area contributed by atoms with Crippen molar-refractivity contribution in [3.8, 4) is 0 Å². The number of rotatable bonds is 3. The van der Waals surface area contributed by atoms with E-state index in [9.17, 15) is 4.39 Å². The molecule has 1 nitrogen and oxygen atoms in total. The van der Waals surface area contributed by atoms with Crippen LogP contribution in [0, 0.1) is 5.82 Å². The highest BCUT2D eigenvalue weighted by Gasteiger charge is 2.34. The van der Waals surface area contributed by atoms with E-state index in [4.69, 9.17) is 5.73 Å². The van der Waals surface area contributed by atoms with Crippen molar-refractivity contribution >= 4 is 27.7 Å². The maximum absolute atomic E-state index is 13.7. The SMILES string of the molecule is NCC1(Cc2ccc(Br)cc2F)CCCS1. The molecular formula is C12H15BrFNS. The van der Waals surface area contributed by atoms with Crippen LogP contribution in [0.5, 0.6) is 0 Å². The molecule has 0 aliphatic carbocycles. The largest absolute Gasteiger partial charge is 0.329 e. The molecule has 0 spiro atoms. The quantitative estimate of drug-likeness (QED) is 0.926. The van der Waals surface area contributed by atoms with Gasteiger partial charge in [-0.25, -0.2) is 4.39 Å². The summed E-state index contributed by atoms with van der Waals surface area (Å²) in [6.07, 6.45) is 3.04. The van der Waals surface area contributed by atoms with Gasteiger partial charge in [0, 0.05) is 15.8 Å². The Hall–Kier alpha value is -0.0600. The Morgan fingerprint density at radius 3 is 2.88 bits per heavy atom. The highest BCUT2D eigenvalue weighted by Crippen LogP contribution is 2.40. The van der Waals surface area contributed by atoms with Crippen LogP contribution in [0.2, 0.25) is 0 Å². The zero-order valence-corrected chi connectivity index (χ0v) is 11.4. The van der Waals surface area contributed by atoms with E-state index in [2.05, 4.69) is 15.9 Å². The van der Waals surface area contributed by atoms with E-state index < -0.39 is 0 Å². The lowest BCUT2D eigenvalue weighted by atomic mass is 9.94. The molecule has 1 aliphatic rings. The molecule has 0 saturated carbocycles. The first kappa shape index (κ1) is 12.4. The third kappa shape index (κ3) is 2.60. The summed E-state index contributed by atoms with van der Waals surface area (Å²) in [6, 6.07) is 5.27. The third-order valence-corrected chi connectivity index (χ3v) is 5.20. The van der Waals surface area contributed by atoms with Crippen LogP contribution in [0.4, 0.5) is 4.39 Å². The molecule has 1 fully saturated rings. The highest BCUT2D eigenvalue weighted by molar-refractivity contribution is 9.10. The minimum absolute atomic E-state index is 0.0642. The minimum Gasteiger partial charge on any atom is -0.329 e. The second-order valence-electron chi connectivity index (χ2n) is 4.25. The van der Waals surface area contributed by atoms with Crippen molar-refractivity contribution in [2.24, 2.45) is 5.73 Å². The highest BCUT2D eigenvalue weighted by atomic mass is 79.9. The zero-order chi connectivity index (χ0) is 11.6. The number of thioether (sulfide) groups is 1. The maximum atomic E-state index is 13.7. The van der Waals surface area contributed by atoms with Crippen molar-refractivity contribution in [2.45, 2.75) is 24.0 Å². The van der Waals surface area contributed by atoms with E-state index >= 15 is 0 Å². The maximum Gasteiger partial charge on any atom is 0.127 e. The second kappa shape index (κ2) is 5.07. The van der Waals surface area contributed by atoms with Crippen LogP contribution in [0.1, 0.15) is 18.4 Å². The van der Waals surface area contributed by atoms with Gasteiger partial charge in [-0.15, -0.1) is 0 Å². The summed E-state index contributed by atoms with van der Waals surface area (Å²) in [6.45, 7) is 0.632. The molecule has 1 aromatic rings. The Kier molecular flexibility index (Phi) is 3.93. The molecule has 1 unspecified atom stereocenters. The van der Waals surface area contributed by atoms with E-state index in [1.54, 1.807) is 0 Å². The van der Waals surface area contributed by atoms with Crippen LogP contribution in [0.3, 0.4) is 0 Å². The smallest absolute Gasteiger partial charge is 0.127 e. The summed E-state index contributed by atoms with van der Waals surface area (Å²) in [5, 5.41) is 0. The molecule has 1 atom stereocenters. The van der Waals surface area contributed by atoms with Gasteiger partial charge >= 0.3 is 0 Å². The zero-order valence-electron chi connectivity index (χ0n) is 9.01. The van der Waals surface area contributed by atoms with E-state index in [-0.39, 0.29) is 10.6 Å². The van der Waals surface area contributed by atoms with Crippen molar-refractivity contribution in [3.63, 3.8) is 0 Å². The fraction of sp³-hybridized carbons (Fsp3) is 0.500. The third-order valence-electron chi connectivity index (χ3n) is 3.08. The lowest BCUT2D eigenvalue weighted by molar-refractivity contribution is 0.537. The normalized spacial score (nSPS) is 24.9. The van der Waals surface area contributed by atoms with Crippen molar-refractivity contribution in [1.29, 1.82) is 0 Å². The molecule has 4 heteroatoms. The lowest BCUT2D eigenvalue weighted by Gasteiger charge is -2.26. The first-order chi connectivity index (χ1) is 7.65. The van der Waals surface area contributed by atoms with Crippen LogP contribution >= 0.6 is 27.7 Å². The topological polar surface area (TPSA) is 26.0 Å². The molecule has 16 heavy (non-hydrogen) atoms. The Morgan fingerprint density at radius 2 is 2.31 bits per heavy atom. The van der Waals surface area contributed by atoms with E-state index in [1.165, 1.54) is 12.5 Å². The summed E-state index contributed by atoms with van der Waals surface area (Å²) in [4.78, 5) is 0. The first-order valence-electron chi connectivity index (χ1n) is 5.43. The molecule has 0 aromatic heterocycles. The summed E-state index contributed by atoms with van der Waals surface area (Å²) >= 11 is 5.16. The monoisotopic (exact) mass is 303 g/mol. The summed E-state index contributed by atoms with van der Waals surface area (Å²) in [7, 11) is 0. The summed E-state index contributed by atoms with van der Waals surface area (Å²) in [5.74, 6) is 1.02. The molecule has 1 saturated heterocycles. The van der Waals surface area contributed by atoms with Gasteiger partial charge in [-0.1, -0.05) is 22.0 Å². The number of benzene rings is 1. The fourth-order valence-electron chi connectivity index (χ4n) is 2.14. The van der Waals surface area contributed by atoms with E-state index in [1.807, 2.05) is 23.9 Å². The van der Waals surface area contributed by atoms with Gasteiger partial charge in [0.15, 0.2) is 0 Å². The van der Waals surface area contributed by atoms with Crippen molar-refractivity contribution in [2.75, 3.05) is 12.3 Å². The first-order valence-corrected chi connectivity index (χ1v) is 7.21. The van der Waals surface area contributed by atoms with Crippen LogP contribution in [-0.2, 0) is 6.42 Å². The van der Waals surface area contributed by atoms with Gasteiger partial charge in [-0.3, -0.25) is 0 Å². The number of hydrogen-bond acceptors (Lipinski definition) is 2. The van der Waals surface area contributed by atoms with Gasteiger partial charge in [-0.2, -0.15) is 11.8 Å². The van der Waals surface area contributed by atoms with Gasteiger partial charge in [0.05, 0.1) is 0 Å². The Labute approximate surface area is 108 Å². The van der Waals surface area contributed by atoms with Gasteiger partial charge in [-0.05, 0) is 42.7 Å². The Bertz CT molecular complexity index is 377. The Balaban J connectivity index is 2.19. The second-order valence-corrected chi connectivity index (χ2v) is 6.73. The van der Waals surface area contributed by atoms with Gasteiger partial charge in [0.25, 0.3) is 0 Å². The minimum atomic E-state index is -0.130. The molecule has 1 aromatic carbocycles. The summed E-state index contributed by atoms with van der Waals surface area (Å²) < 4.78 is 14.6. The van der Waals surface area contributed by atoms with Gasteiger partial charge < -0.3 is 5.73 Å². The molecule has 0 amide bonds. The standard InChI is InChI=1S/C12H15BrFNS/c13-10-3-2-9(11(14)6-10)7-12(8-15)4-1-5-16-12/h2-3,6H,1,4-5,7-8,15H2. The molecule has 2 N–H and O–H groups in total. The van der Waals surface area contributed by atoms with Gasteiger partial charge in [0.2, 0.25) is 0 Å². The predicted molar refractivity (Wildman–Crippen MR) is 71.3 cm³/mol. The number of hydrogen-bond donors (Lipinski definition) is 1. The molecule has 0 radical (unpaired) electrons. The van der Waals surface area contributed by atoms with Crippen LogP contribution in [0.25, 0.3) is 0 Å². The van der Waals surface area contributed by atoms with Crippen molar-refractivity contribution in [1.82, 2.24) is 0 Å². The lowest BCUT2D eigenvalue weighted by Crippen LogP contribution is -2.34. The van der Waals surface area contributed by atoms with E-state index in [0.717, 1.165) is 28.6 Å². The molecule has 88 valence electrons. The molecule has 1 heterocycles. The number of halogens is 2. The molecular weight excluding hydrogens is 289 g/mol. The average Bonchev–Trinajstić information content (AvgIpc) is 2.72. The van der Waals surface area contributed by atoms with Crippen LogP contribution in [0.15, 0.2) is 22.7 Å². The fourth-order valence-corrected chi connectivity index (χ4v) is 3.86. The van der Waals surface area contributed by atoms with Crippen LogP contribution in [-0.4, -0.2) is 17.0 Å².